The maximum absolute atomic E-state index is 11.1. The van der Waals surface area contributed by atoms with Gasteiger partial charge >= 0.3 is 5.97 Å². The van der Waals surface area contributed by atoms with E-state index in [1.54, 1.807) is 24.3 Å². The lowest BCUT2D eigenvalue weighted by atomic mass is 10.0. The molecule has 0 radical (unpaired) electrons. The first kappa shape index (κ1) is 15.2. The normalized spacial score (nSPS) is 11.6. The van der Waals surface area contributed by atoms with Crippen LogP contribution in [0.4, 0.5) is 5.82 Å². The summed E-state index contributed by atoms with van der Waals surface area (Å²) < 4.78 is 0. The Morgan fingerprint density at radius 3 is 2.33 bits per heavy atom. The average Bonchev–Trinajstić information content (AvgIpc) is 2.52. The van der Waals surface area contributed by atoms with Crippen molar-refractivity contribution in [1.29, 1.82) is 0 Å². The molecule has 0 aliphatic heterocycles. The fraction of sp³-hybridized carbons (Fsp3) is 0.286. The number of pyridine rings is 1. The summed E-state index contributed by atoms with van der Waals surface area (Å²) in [4.78, 5) is 15.1. The number of rotatable bonds is 6. The first-order valence-electron chi connectivity index (χ1n) is 6.29. The molecule has 0 saturated carbocycles. The number of aromatic nitrogens is 1. The molecule has 0 saturated heterocycles. The van der Waals surface area contributed by atoms with Gasteiger partial charge in [-0.2, -0.15) is 0 Å². The predicted molar refractivity (Wildman–Crippen MR) is 76.3 cm³/mol. The van der Waals surface area contributed by atoms with Crippen LogP contribution in [0.25, 0.3) is 10.8 Å². The summed E-state index contributed by atoms with van der Waals surface area (Å²) in [5.74, 6) is -1.01. The van der Waals surface area contributed by atoms with Gasteiger partial charge in [0.05, 0.1) is 19.8 Å². The highest BCUT2D eigenvalue weighted by Gasteiger charge is 2.29. The van der Waals surface area contributed by atoms with Crippen LogP contribution in [0, 0.1) is 0 Å². The van der Waals surface area contributed by atoms with E-state index >= 15 is 0 Å². The molecule has 0 bridgehead atoms. The molecule has 7 nitrogen and oxygen atoms in total. The Balaban J connectivity index is 2.58. The first-order valence-corrected chi connectivity index (χ1v) is 6.29. The molecule has 7 heteroatoms. The molecule has 1 aromatic carbocycles. The maximum Gasteiger partial charge on any atom is 0.354 e. The number of aliphatic hydroxyl groups is 3. The number of aromatic carboxylic acids is 1. The zero-order valence-corrected chi connectivity index (χ0v) is 11.2. The van der Waals surface area contributed by atoms with E-state index in [9.17, 15) is 20.1 Å². The van der Waals surface area contributed by atoms with Gasteiger partial charge in [0.2, 0.25) is 0 Å². The van der Waals surface area contributed by atoms with Crippen LogP contribution in [0.2, 0.25) is 0 Å². The second kappa shape index (κ2) is 6.04. The van der Waals surface area contributed by atoms with Gasteiger partial charge in [-0.1, -0.05) is 24.3 Å². The molecule has 0 fully saturated rings. The zero-order chi connectivity index (χ0) is 15.5. The van der Waals surface area contributed by atoms with Gasteiger partial charge in [0, 0.05) is 5.39 Å². The lowest BCUT2D eigenvalue weighted by molar-refractivity contribution is 0.0690. The summed E-state index contributed by atoms with van der Waals surface area (Å²) in [6.07, 6.45) is 0. The van der Waals surface area contributed by atoms with Crippen LogP contribution in [0.3, 0.4) is 0 Å². The van der Waals surface area contributed by atoms with Crippen LogP contribution >= 0.6 is 0 Å². The second-order valence-corrected chi connectivity index (χ2v) is 4.76. The highest BCUT2D eigenvalue weighted by atomic mass is 16.4. The van der Waals surface area contributed by atoms with Crippen molar-refractivity contribution in [2.75, 3.05) is 25.1 Å². The number of nitrogens with zero attached hydrogens (tertiary/aromatic N) is 1. The summed E-state index contributed by atoms with van der Waals surface area (Å²) in [5.41, 5.74) is -1.55. The predicted octanol–water partition coefficient (Wildman–Crippen LogP) is 0.0606. The number of benzene rings is 1. The van der Waals surface area contributed by atoms with E-state index < -0.39 is 31.3 Å². The summed E-state index contributed by atoms with van der Waals surface area (Å²) >= 11 is 0. The van der Waals surface area contributed by atoms with Crippen molar-refractivity contribution in [3.63, 3.8) is 0 Å². The molecule has 112 valence electrons. The van der Waals surface area contributed by atoms with Crippen molar-refractivity contribution in [3.05, 3.63) is 36.0 Å². The number of carboxylic acids is 1. The Kier molecular flexibility index (Phi) is 4.37. The third-order valence-corrected chi connectivity index (χ3v) is 3.25. The summed E-state index contributed by atoms with van der Waals surface area (Å²) in [6.45, 7) is -1.60. The number of carboxylic acid groups (broad SMARTS) is 1. The van der Waals surface area contributed by atoms with Gasteiger partial charge in [-0.05, 0) is 11.5 Å². The fourth-order valence-corrected chi connectivity index (χ4v) is 1.92. The number of hydrogen-bond acceptors (Lipinski definition) is 6. The van der Waals surface area contributed by atoms with Crippen molar-refractivity contribution in [1.82, 2.24) is 4.98 Å². The number of nitrogens with one attached hydrogen (secondary N) is 1. The molecule has 0 aliphatic carbocycles. The van der Waals surface area contributed by atoms with Crippen molar-refractivity contribution >= 4 is 22.6 Å². The minimum absolute atomic E-state index is 0.168. The van der Waals surface area contributed by atoms with Crippen LogP contribution in [0.15, 0.2) is 30.3 Å². The van der Waals surface area contributed by atoms with Gasteiger partial charge < -0.3 is 25.7 Å². The van der Waals surface area contributed by atoms with E-state index in [2.05, 4.69) is 10.3 Å². The minimum atomic E-state index is -1.38. The fourth-order valence-electron chi connectivity index (χ4n) is 1.92. The molecule has 1 heterocycles. The highest BCUT2D eigenvalue weighted by Crippen LogP contribution is 2.25. The van der Waals surface area contributed by atoms with Gasteiger partial charge in [-0.3, -0.25) is 0 Å². The zero-order valence-electron chi connectivity index (χ0n) is 11.2. The monoisotopic (exact) mass is 292 g/mol. The summed E-state index contributed by atoms with van der Waals surface area (Å²) in [7, 11) is 0. The third-order valence-electron chi connectivity index (χ3n) is 3.25. The van der Waals surface area contributed by atoms with E-state index in [0.29, 0.717) is 10.8 Å². The Bertz CT molecular complexity index is 647. The lowest BCUT2D eigenvalue weighted by Crippen LogP contribution is -2.49. The largest absolute Gasteiger partial charge is 0.477 e. The Labute approximate surface area is 120 Å². The highest BCUT2D eigenvalue weighted by molar-refractivity contribution is 5.97. The van der Waals surface area contributed by atoms with Gasteiger partial charge in [0.1, 0.15) is 11.4 Å². The number of aliphatic hydroxyl groups excluding tert-OH is 3. The van der Waals surface area contributed by atoms with Crippen LogP contribution in [0.1, 0.15) is 10.5 Å². The van der Waals surface area contributed by atoms with Crippen molar-refractivity contribution in [2.24, 2.45) is 0 Å². The van der Waals surface area contributed by atoms with Crippen molar-refractivity contribution < 1.29 is 25.2 Å². The van der Waals surface area contributed by atoms with Gasteiger partial charge in [0.15, 0.2) is 5.69 Å². The summed E-state index contributed by atoms with van der Waals surface area (Å²) in [5, 5.41) is 41.2. The van der Waals surface area contributed by atoms with E-state index in [4.69, 9.17) is 5.11 Å². The quantitative estimate of drug-likeness (QED) is 0.510. The standard InChI is InChI=1S/C14H16N2O5/c17-6-14(7-18,8-19)16-12-10-4-2-1-3-9(10)5-11(15-12)13(20)21/h1-5,17-19H,6-8H2,(H,15,16)(H,20,21). The molecule has 0 atom stereocenters. The second-order valence-electron chi connectivity index (χ2n) is 4.76. The van der Waals surface area contributed by atoms with Crippen LogP contribution in [-0.4, -0.2) is 56.7 Å². The molecular weight excluding hydrogens is 276 g/mol. The SMILES string of the molecule is O=C(O)c1cc2ccccc2c(NC(CO)(CO)CO)n1. The molecule has 0 unspecified atom stereocenters. The third kappa shape index (κ3) is 2.94. The van der Waals surface area contributed by atoms with Gasteiger partial charge in [-0.25, -0.2) is 9.78 Å². The Morgan fingerprint density at radius 2 is 1.76 bits per heavy atom. The molecule has 0 spiro atoms. The molecule has 1 aromatic heterocycles. The van der Waals surface area contributed by atoms with Crippen LogP contribution in [0.5, 0.6) is 0 Å². The molecular formula is C14H16N2O5. The van der Waals surface area contributed by atoms with Crippen LogP contribution < -0.4 is 5.32 Å². The Morgan fingerprint density at radius 1 is 1.14 bits per heavy atom. The molecule has 0 aliphatic rings. The molecule has 2 aromatic rings. The first-order chi connectivity index (χ1) is 10.0. The van der Waals surface area contributed by atoms with Gasteiger partial charge in [-0.15, -0.1) is 0 Å². The lowest BCUT2D eigenvalue weighted by Gasteiger charge is -2.29. The van der Waals surface area contributed by atoms with Gasteiger partial charge in [0.25, 0.3) is 0 Å². The molecule has 5 N–H and O–H groups in total. The number of fused-ring (bicyclic) bond motifs is 1. The van der Waals surface area contributed by atoms with E-state index in [1.165, 1.54) is 6.07 Å². The molecule has 0 amide bonds. The maximum atomic E-state index is 11.1. The minimum Gasteiger partial charge on any atom is -0.477 e. The topological polar surface area (TPSA) is 123 Å². The van der Waals surface area contributed by atoms with E-state index in [-0.39, 0.29) is 11.5 Å². The van der Waals surface area contributed by atoms with Crippen molar-refractivity contribution in [3.8, 4) is 0 Å². The number of carbonyl (C=O) groups is 1. The summed E-state index contributed by atoms with van der Waals surface area (Å²) in [6, 6.07) is 8.41. The smallest absolute Gasteiger partial charge is 0.354 e. The van der Waals surface area contributed by atoms with E-state index in [1.807, 2.05) is 0 Å². The molecule has 2 rings (SSSR count). The number of hydrogen-bond donors (Lipinski definition) is 5. The van der Waals surface area contributed by atoms with Crippen LogP contribution in [-0.2, 0) is 0 Å². The Hall–Kier alpha value is -2.22. The van der Waals surface area contributed by atoms with Crippen molar-refractivity contribution in [2.45, 2.75) is 5.54 Å². The molecule has 21 heavy (non-hydrogen) atoms. The van der Waals surface area contributed by atoms with E-state index in [0.717, 1.165) is 0 Å². The average molecular weight is 292 g/mol. The number of anilines is 1.